The van der Waals surface area contributed by atoms with Gasteiger partial charge in [0, 0.05) is 19.5 Å². The van der Waals surface area contributed by atoms with E-state index >= 15 is 0 Å². The average molecular weight is 173 g/mol. The summed E-state index contributed by atoms with van der Waals surface area (Å²) in [6.45, 7) is 1.04. The van der Waals surface area contributed by atoms with Crippen LogP contribution in [-0.4, -0.2) is 38.2 Å². The molecule has 1 N–H and O–H groups in total. The molecule has 1 saturated heterocycles. The predicted molar refractivity (Wildman–Crippen MR) is 39.8 cm³/mol. The van der Waals surface area contributed by atoms with Crippen molar-refractivity contribution in [3.63, 3.8) is 0 Å². The van der Waals surface area contributed by atoms with E-state index in [-0.39, 0.29) is 5.78 Å². The number of piperidine rings is 1. The molecule has 12 heavy (non-hydrogen) atoms. The number of nitrogens with one attached hydrogen (secondary N) is 1. The van der Waals surface area contributed by atoms with Crippen molar-refractivity contribution in [2.24, 2.45) is 0 Å². The summed E-state index contributed by atoms with van der Waals surface area (Å²) in [5.41, 5.74) is 0. The van der Waals surface area contributed by atoms with Crippen molar-refractivity contribution >= 4 is 11.9 Å². The fourth-order valence-corrected chi connectivity index (χ4v) is 0.991. The molecule has 0 aromatic carbocycles. The SMILES string of the molecule is COC(=O)OC1CNCCC1=O. The minimum absolute atomic E-state index is 0.0563. The fourth-order valence-electron chi connectivity index (χ4n) is 0.991. The zero-order valence-corrected chi connectivity index (χ0v) is 6.83. The van der Waals surface area contributed by atoms with Crippen LogP contribution in [0.4, 0.5) is 4.79 Å². The minimum Gasteiger partial charge on any atom is -0.438 e. The van der Waals surface area contributed by atoms with Gasteiger partial charge in [-0.1, -0.05) is 0 Å². The highest BCUT2D eigenvalue weighted by Crippen LogP contribution is 2.02. The van der Waals surface area contributed by atoms with Gasteiger partial charge >= 0.3 is 6.16 Å². The van der Waals surface area contributed by atoms with E-state index in [9.17, 15) is 9.59 Å². The van der Waals surface area contributed by atoms with Crippen LogP contribution in [0, 0.1) is 0 Å². The highest BCUT2D eigenvalue weighted by molar-refractivity contribution is 5.85. The lowest BCUT2D eigenvalue weighted by molar-refractivity contribution is -0.129. The lowest BCUT2D eigenvalue weighted by Crippen LogP contribution is -2.43. The molecule has 0 aliphatic carbocycles. The lowest BCUT2D eigenvalue weighted by Gasteiger charge is -2.20. The van der Waals surface area contributed by atoms with Crippen LogP contribution < -0.4 is 5.32 Å². The number of carbonyl (C=O) groups is 2. The molecule has 0 saturated carbocycles. The summed E-state index contributed by atoms with van der Waals surface area (Å²) in [7, 11) is 1.21. The Balaban J connectivity index is 2.39. The smallest absolute Gasteiger partial charge is 0.438 e. The number of carbonyl (C=O) groups excluding carboxylic acids is 2. The number of hydrogen-bond acceptors (Lipinski definition) is 5. The minimum atomic E-state index is -0.808. The standard InChI is InChI=1S/C7H11NO4/c1-11-7(10)12-6-4-8-3-2-5(6)9/h6,8H,2-4H2,1H3. The van der Waals surface area contributed by atoms with Crippen LogP contribution in [0.5, 0.6) is 0 Å². The van der Waals surface area contributed by atoms with Gasteiger partial charge in [0.2, 0.25) is 0 Å². The molecule has 0 aromatic heterocycles. The highest BCUT2D eigenvalue weighted by Gasteiger charge is 2.25. The molecule has 1 fully saturated rings. The Bertz CT molecular complexity index is 192. The van der Waals surface area contributed by atoms with Crippen molar-refractivity contribution in [2.45, 2.75) is 12.5 Å². The second-order valence-electron chi connectivity index (χ2n) is 2.48. The molecule has 0 spiro atoms. The molecule has 1 heterocycles. The van der Waals surface area contributed by atoms with Crippen LogP contribution in [0.25, 0.3) is 0 Å². The fraction of sp³-hybridized carbons (Fsp3) is 0.714. The molecule has 0 bridgehead atoms. The summed E-state index contributed by atoms with van der Waals surface area (Å²) in [5.74, 6) is -0.0563. The van der Waals surface area contributed by atoms with Crippen LogP contribution in [-0.2, 0) is 14.3 Å². The number of ketones is 1. The second kappa shape index (κ2) is 4.06. The third-order valence-corrected chi connectivity index (χ3v) is 1.64. The van der Waals surface area contributed by atoms with Crippen molar-refractivity contribution in [3.8, 4) is 0 Å². The number of methoxy groups -OCH3 is 1. The van der Waals surface area contributed by atoms with Gasteiger partial charge in [-0.3, -0.25) is 4.79 Å². The molecular weight excluding hydrogens is 162 g/mol. The van der Waals surface area contributed by atoms with E-state index in [4.69, 9.17) is 0 Å². The van der Waals surface area contributed by atoms with Gasteiger partial charge in [-0.25, -0.2) is 4.79 Å². The van der Waals surface area contributed by atoms with Crippen LogP contribution >= 0.6 is 0 Å². The first-order chi connectivity index (χ1) is 5.74. The normalized spacial score (nSPS) is 23.4. The van der Waals surface area contributed by atoms with Crippen molar-refractivity contribution in [1.82, 2.24) is 5.32 Å². The van der Waals surface area contributed by atoms with Gasteiger partial charge in [-0.2, -0.15) is 0 Å². The molecule has 0 amide bonds. The van der Waals surface area contributed by atoms with Gasteiger partial charge in [0.05, 0.1) is 7.11 Å². The zero-order chi connectivity index (χ0) is 8.97. The maximum Gasteiger partial charge on any atom is 0.508 e. The molecule has 1 atom stereocenters. The maximum absolute atomic E-state index is 11.1. The number of ether oxygens (including phenoxy) is 2. The Hall–Kier alpha value is -1.10. The highest BCUT2D eigenvalue weighted by atomic mass is 16.7. The monoisotopic (exact) mass is 173 g/mol. The lowest BCUT2D eigenvalue weighted by atomic mass is 10.1. The van der Waals surface area contributed by atoms with Crippen molar-refractivity contribution in [2.75, 3.05) is 20.2 Å². The van der Waals surface area contributed by atoms with Crippen molar-refractivity contribution in [1.29, 1.82) is 0 Å². The van der Waals surface area contributed by atoms with Crippen LogP contribution in [0.1, 0.15) is 6.42 Å². The maximum atomic E-state index is 11.1. The van der Waals surface area contributed by atoms with Crippen LogP contribution in [0.15, 0.2) is 0 Å². The zero-order valence-electron chi connectivity index (χ0n) is 6.83. The van der Waals surface area contributed by atoms with E-state index in [1.165, 1.54) is 7.11 Å². The van der Waals surface area contributed by atoms with E-state index in [0.717, 1.165) is 0 Å². The molecule has 1 aliphatic heterocycles. The summed E-state index contributed by atoms with van der Waals surface area (Å²) in [6.07, 6.45) is -1.08. The largest absolute Gasteiger partial charge is 0.508 e. The Labute approximate surface area is 70.0 Å². The Morgan fingerprint density at radius 3 is 3.00 bits per heavy atom. The third kappa shape index (κ3) is 2.20. The Morgan fingerprint density at radius 2 is 2.42 bits per heavy atom. The molecule has 1 unspecified atom stereocenters. The molecule has 68 valence electrons. The second-order valence-corrected chi connectivity index (χ2v) is 2.48. The molecule has 1 rings (SSSR count). The molecule has 1 aliphatic rings. The summed E-state index contributed by atoms with van der Waals surface area (Å²) >= 11 is 0. The number of rotatable bonds is 1. The average Bonchev–Trinajstić information content (AvgIpc) is 2.09. The summed E-state index contributed by atoms with van der Waals surface area (Å²) in [4.78, 5) is 21.7. The summed E-state index contributed by atoms with van der Waals surface area (Å²) in [6, 6.07) is 0. The summed E-state index contributed by atoms with van der Waals surface area (Å²) in [5, 5.41) is 2.94. The van der Waals surface area contributed by atoms with Gasteiger partial charge in [0.15, 0.2) is 11.9 Å². The molecule has 5 nitrogen and oxygen atoms in total. The topological polar surface area (TPSA) is 64.6 Å². The Kier molecular flexibility index (Phi) is 3.04. The van der Waals surface area contributed by atoms with Crippen LogP contribution in [0.2, 0.25) is 0 Å². The molecule has 0 aromatic rings. The van der Waals surface area contributed by atoms with Crippen molar-refractivity contribution in [3.05, 3.63) is 0 Å². The van der Waals surface area contributed by atoms with E-state index in [0.29, 0.717) is 19.5 Å². The molecular formula is C7H11NO4. The molecule has 5 heteroatoms. The van der Waals surface area contributed by atoms with E-state index in [2.05, 4.69) is 14.8 Å². The van der Waals surface area contributed by atoms with E-state index in [1.54, 1.807) is 0 Å². The van der Waals surface area contributed by atoms with Crippen LogP contribution in [0.3, 0.4) is 0 Å². The predicted octanol–water partition coefficient (Wildman–Crippen LogP) is -0.300. The Morgan fingerprint density at radius 1 is 1.67 bits per heavy atom. The number of Topliss-reactive ketones (excluding diaryl/α,β-unsaturated/α-hetero) is 1. The van der Waals surface area contributed by atoms with Gasteiger partial charge in [-0.05, 0) is 0 Å². The van der Waals surface area contributed by atoms with Crippen molar-refractivity contribution < 1.29 is 19.1 Å². The number of hydrogen-bond donors (Lipinski definition) is 1. The van der Waals surface area contributed by atoms with Gasteiger partial charge in [-0.15, -0.1) is 0 Å². The van der Waals surface area contributed by atoms with Gasteiger partial charge in [0.1, 0.15) is 0 Å². The summed E-state index contributed by atoms with van der Waals surface area (Å²) < 4.78 is 8.94. The van der Waals surface area contributed by atoms with E-state index < -0.39 is 12.3 Å². The van der Waals surface area contributed by atoms with E-state index in [1.807, 2.05) is 0 Å². The van der Waals surface area contributed by atoms with Gasteiger partial charge in [0.25, 0.3) is 0 Å². The first-order valence-electron chi connectivity index (χ1n) is 3.72. The van der Waals surface area contributed by atoms with Gasteiger partial charge < -0.3 is 14.8 Å². The third-order valence-electron chi connectivity index (χ3n) is 1.64. The first-order valence-corrected chi connectivity index (χ1v) is 3.72. The first kappa shape index (κ1) is 8.99. The molecule has 0 radical (unpaired) electrons. The quantitative estimate of drug-likeness (QED) is 0.551.